The van der Waals surface area contributed by atoms with Crippen LogP contribution in [0.1, 0.15) is 45.7 Å². The van der Waals surface area contributed by atoms with E-state index in [-0.39, 0.29) is 5.54 Å². The van der Waals surface area contributed by atoms with Crippen molar-refractivity contribution in [2.24, 2.45) is 7.05 Å². The van der Waals surface area contributed by atoms with Crippen molar-refractivity contribution in [1.29, 1.82) is 0 Å². The van der Waals surface area contributed by atoms with Gasteiger partial charge in [-0.15, -0.1) is 0 Å². The Balaban J connectivity index is 2.03. The zero-order valence-corrected chi connectivity index (χ0v) is 11.1. The van der Waals surface area contributed by atoms with E-state index in [2.05, 4.69) is 37.3 Å². The number of nitrogens with one attached hydrogen (secondary N) is 1. The van der Waals surface area contributed by atoms with E-state index in [1.165, 1.54) is 25.0 Å². The van der Waals surface area contributed by atoms with Gasteiger partial charge in [-0.2, -0.15) is 5.10 Å². The van der Waals surface area contributed by atoms with Crippen molar-refractivity contribution < 1.29 is 0 Å². The van der Waals surface area contributed by atoms with Crippen LogP contribution >= 0.6 is 0 Å². The Morgan fingerprint density at radius 1 is 1.25 bits per heavy atom. The van der Waals surface area contributed by atoms with Gasteiger partial charge in [0.1, 0.15) is 0 Å². The summed E-state index contributed by atoms with van der Waals surface area (Å²) in [6, 6.07) is 2.10. The number of aromatic nitrogens is 2. The molecule has 0 saturated heterocycles. The number of hydrogen-bond donors (Lipinski definition) is 1. The maximum atomic E-state index is 4.17. The van der Waals surface area contributed by atoms with Gasteiger partial charge in [0.15, 0.2) is 0 Å². The zero-order chi connectivity index (χ0) is 12.0. The van der Waals surface area contributed by atoms with Crippen LogP contribution < -0.4 is 5.32 Å². The monoisotopic (exact) mass is 223 g/mol. The highest BCUT2D eigenvalue weighted by Crippen LogP contribution is 2.05. The Bertz CT molecular complexity index is 296. The quantitative estimate of drug-likeness (QED) is 0.751. The minimum atomic E-state index is 0.252. The maximum Gasteiger partial charge on any atom is 0.0492 e. The fraction of sp³-hybridized carbons (Fsp3) is 0.769. The molecule has 1 aromatic rings. The van der Waals surface area contributed by atoms with E-state index < -0.39 is 0 Å². The molecule has 16 heavy (non-hydrogen) atoms. The topological polar surface area (TPSA) is 29.9 Å². The molecule has 1 rings (SSSR count). The lowest BCUT2D eigenvalue weighted by Crippen LogP contribution is -2.36. The van der Waals surface area contributed by atoms with Gasteiger partial charge in [0.2, 0.25) is 0 Å². The second kappa shape index (κ2) is 6.04. The first-order valence-corrected chi connectivity index (χ1v) is 6.21. The van der Waals surface area contributed by atoms with Crippen LogP contribution in [0, 0.1) is 0 Å². The third-order valence-electron chi connectivity index (χ3n) is 2.69. The van der Waals surface area contributed by atoms with E-state index in [0.29, 0.717) is 0 Å². The van der Waals surface area contributed by atoms with Crippen LogP contribution in [0.5, 0.6) is 0 Å². The van der Waals surface area contributed by atoms with Gasteiger partial charge < -0.3 is 5.32 Å². The van der Waals surface area contributed by atoms with Crippen molar-refractivity contribution in [3.8, 4) is 0 Å². The zero-order valence-electron chi connectivity index (χ0n) is 11.1. The number of nitrogens with zero attached hydrogens (tertiary/aromatic N) is 2. The predicted molar refractivity (Wildman–Crippen MR) is 68.5 cm³/mol. The summed E-state index contributed by atoms with van der Waals surface area (Å²) in [7, 11) is 2.01. The van der Waals surface area contributed by atoms with E-state index in [9.17, 15) is 0 Å². The van der Waals surface area contributed by atoms with Crippen molar-refractivity contribution in [1.82, 2.24) is 15.1 Å². The summed E-state index contributed by atoms with van der Waals surface area (Å²) in [5, 5.41) is 7.68. The van der Waals surface area contributed by atoms with Gasteiger partial charge in [-0.05, 0) is 52.6 Å². The molecule has 0 bridgehead atoms. The number of hydrogen-bond acceptors (Lipinski definition) is 2. The predicted octanol–water partition coefficient (Wildman–Crippen LogP) is 2.52. The largest absolute Gasteiger partial charge is 0.312 e. The Hall–Kier alpha value is -0.830. The fourth-order valence-corrected chi connectivity index (χ4v) is 1.72. The summed E-state index contributed by atoms with van der Waals surface area (Å²) in [5.41, 5.74) is 1.59. The Labute approximate surface area is 99.2 Å². The molecular formula is C13H25N3. The highest BCUT2D eigenvalue weighted by Gasteiger charge is 2.06. The fourth-order valence-electron chi connectivity index (χ4n) is 1.72. The number of unbranched alkanes of at least 4 members (excludes halogenated alkanes) is 2. The lowest BCUT2D eigenvalue weighted by Gasteiger charge is -2.20. The molecule has 92 valence electrons. The second-order valence-electron chi connectivity index (χ2n) is 5.43. The molecule has 3 nitrogen and oxygen atoms in total. The van der Waals surface area contributed by atoms with Crippen molar-refractivity contribution >= 4 is 0 Å². The van der Waals surface area contributed by atoms with E-state index in [4.69, 9.17) is 0 Å². The van der Waals surface area contributed by atoms with Crippen LogP contribution in [0.25, 0.3) is 0 Å². The van der Waals surface area contributed by atoms with Crippen LogP contribution in [0.4, 0.5) is 0 Å². The molecule has 1 aromatic heterocycles. The third-order valence-corrected chi connectivity index (χ3v) is 2.69. The van der Waals surface area contributed by atoms with Gasteiger partial charge in [-0.25, -0.2) is 0 Å². The molecule has 3 heteroatoms. The summed E-state index contributed by atoms with van der Waals surface area (Å²) >= 11 is 0. The summed E-state index contributed by atoms with van der Waals surface area (Å²) in [4.78, 5) is 0. The second-order valence-corrected chi connectivity index (χ2v) is 5.43. The average Bonchev–Trinajstić information content (AvgIpc) is 2.56. The molecule has 1 N–H and O–H groups in total. The first-order chi connectivity index (χ1) is 7.49. The van der Waals surface area contributed by atoms with E-state index in [0.717, 1.165) is 13.0 Å². The maximum absolute atomic E-state index is 4.17. The van der Waals surface area contributed by atoms with Crippen LogP contribution in [0.2, 0.25) is 0 Å². The molecule has 0 aliphatic heterocycles. The Kier molecular flexibility index (Phi) is 5.00. The van der Waals surface area contributed by atoms with Crippen molar-refractivity contribution in [2.45, 2.75) is 52.0 Å². The molecule has 0 saturated carbocycles. The van der Waals surface area contributed by atoms with Crippen LogP contribution in [0.15, 0.2) is 12.3 Å². The van der Waals surface area contributed by atoms with E-state index in [1.54, 1.807) is 0 Å². The molecule has 0 spiro atoms. The van der Waals surface area contributed by atoms with Crippen molar-refractivity contribution in [2.75, 3.05) is 6.54 Å². The summed E-state index contributed by atoms with van der Waals surface area (Å²) in [6.45, 7) is 7.75. The molecule has 0 aliphatic carbocycles. The van der Waals surface area contributed by atoms with E-state index >= 15 is 0 Å². The van der Waals surface area contributed by atoms with Gasteiger partial charge in [-0.1, -0.05) is 6.42 Å². The Morgan fingerprint density at radius 3 is 2.56 bits per heavy atom. The molecule has 0 aliphatic rings. The Morgan fingerprint density at radius 2 is 2.00 bits per heavy atom. The molecule has 0 radical (unpaired) electrons. The SMILES string of the molecule is Cn1nccc1CCCCCNC(C)(C)C. The highest BCUT2D eigenvalue weighted by molar-refractivity contribution is 4.99. The minimum absolute atomic E-state index is 0.252. The first-order valence-electron chi connectivity index (χ1n) is 6.21. The molecule has 0 atom stereocenters. The molecule has 0 unspecified atom stereocenters. The van der Waals surface area contributed by atoms with Crippen molar-refractivity contribution in [3.05, 3.63) is 18.0 Å². The number of rotatable bonds is 6. The van der Waals surface area contributed by atoms with Gasteiger partial charge in [0.25, 0.3) is 0 Å². The molecule has 1 heterocycles. The summed E-state index contributed by atoms with van der Waals surface area (Å²) < 4.78 is 1.97. The molecule has 0 fully saturated rings. The highest BCUT2D eigenvalue weighted by atomic mass is 15.2. The first kappa shape index (κ1) is 13.2. The van der Waals surface area contributed by atoms with Crippen LogP contribution in [0.3, 0.4) is 0 Å². The van der Waals surface area contributed by atoms with E-state index in [1.807, 2.05) is 17.9 Å². The van der Waals surface area contributed by atoms with Gasteiger partial charge in [0, 0.05) is 24.5 Å². The smallest absolute Gasteiger partial charge is 0.0492 e. The lowest BCUT2D eigenvalue weighted by molar-refractivity contribution is 0.416. The van der Waals surface area contributed by atoms with Crippen LogP contribution in [-0.2, 0) is 13.5 Å². The summed E-state index contributed by atoms with van der Waals surface area (Å²) in [6.07, 6.45) is 6.82. The van der Waals surface area contributed by atoms with Gasteiger partial charge in [-0.3, -0.25) is 4.68 Å². The lowest BCUT2D eigenvalue weighted by atomic mass is 10.1. The van der Waals surface area contributed by atoms with Crippen molar-refractivity contribution in [3.63, 3.8) is 0 Å². The number of aryl methyl sites for hydroxylation is 2. The van der Waals surface area contributed by atoms with Gasteiger partial charge in [0.05, 0.1) is 0 Å². The normalized spacial score (nSPS) is 12.0. The van der Waals surface area contributed by atoms with Crippen LogP contribution in [-0.4, -0.2) is 21.9 Å². The van der Waals surface area contributed by atoms with Gasteiger partial charge >= 0.3 is 0 Å². The average molecular weight is 223 g/mol. The third kappa shape index (κ3) is 5.31. The molecule has 0 amide bonds. The minimum Gasteiger partial charge on any atom is -0.312 e. The summed E-state index contributed by atoms with van der Waals surface area (Å²) in [5.74, 6) is 0. The molecule has 0 aromatic carbocycles. The molecular weight excluding hydrogens is 198 g/mol. The standard InChI is InChI=1S/C13H25N3/c1-13(2,3)14-10-7-5-6-8-12-9-11-15-16(12)4/h9,11,14H,5-8,10H2,1-4H3.